The first kappa shape index (κ1) is 13.4. The summed E-state index contributed by atoms with van der Waals surface area (Å²) in [5, 5.41) is 22.8. The summed E-state index contributed by atoms with van der Waals surface area (Å²) in [6.45, 7) is 2.63. The molecule has 0 aliphatic carbocycles. The molecule has 0 saturated heterocycles. The van der Waals surface area contributed by atoms with E-state index in [0.29, 0.717) is 5.56 Å². The van der Waals surface area contributed by atoms with Crippen molar-refractivity contribution in [3.63, 3.8) is 0 Å². The van der Waals surface area contributed by atoms with Crippen LogP contribution in [-0.4, -0.2) is 26.3 Å². The number of aryl methyl sites for hydroxylation is 1. The van der Waals surface area contributed by atoms with Crippen LogP contribution in [0.15, 0.2) is 30.6 Å². The van der Waals surface area contributed by atoms with E-state index >= 15 is 0 Å². The van der Waals surface area contributed by atoms with Crippen molar-refractivity contribution in [1.29, 1.82) is 0 Å². The standard InChI is InChI=1S/C14H19N3O2/c1-10(14-11(18)4-3-5-12(14)19)15-7-6-13-16-8-9-17(13)2/h3-5,8-10,15,18-19H,6-7H2,1-2H3. The van der Waals surface area contributed by atoms with Crippen LogP contribution in [0.25, 0.3) is 0 Å². The van der Waals surface area contributed by atoms with Crippen molar-refractivity contribution in [1.82, 2.24) is 14.9 Å². The Bertz CT molecular complexity index is 531. The Labute approximate surface area is 112 Å². The summed E-state index contributed by atoms with van der Waals surface area (Å²) in [7, 11) is 1.96. The lowest BCUT2D eigenvalue weighted by atomic mass is 10.1. The zero-order valence-corrected chi connectivity index (χ0v) is 11.2. The molecule has 1 unspecified atom stereocenters. The average Bonchev–Trinajstić information content (AvgIpc) is 2.75. The van der Waals surface area contributed by atoms with Crippen LogP contribution in [-0.2, 0) is 13.5 Å². The van der Waals surface area contributed by atoms with Crippen molar-refractivity contribution in [2.45, 2.75) is 19.4 Å². The van der Waals surface area contributed by atoms with Crippen LogP contribution in [0.4, 0.5) is 0 Å². The van der Waals surface area contributed by atoms with Crippen LogP contribution in [0.1, 0.15) is 24.4 Å². The third-order valence-corrected chi connectivity index (χ3v) is 3.21. The topological polar surface area (TPSA) is 70.3 Å². The van der Waals surface area contributed by atoms with Crippen LogP contribution in [0.5, 0.6) is 11.5 Å². The Kier molecular flexibility index (Phi) is 4.06. The van der Waals surface area contributed by atoms with Gasteiger partial charge in [0, 0.05) is 38.4 Å². The highest BCUT2D eigenvalue weighted by Crippen LogP contribution is 2.31. The number of phenols is 2. The summed E-state index contributed by atoms with van der Waals surface area (Å²) in [5.74, 6) is 1.22. The Morgan fingerprint density at radius 3 is 2.58 bits per heavy atom. The number of hydrogen-bond donors (Lipinski definition) is 3. The first-order valence-corrected chi connectivity index (χ1v) is 6.30. The van der Waals surface area contributed by atoms with Gasteiger partial charge in [-0.05, 0) is 19.1 Å². The maximum absolute atomic E-state index is 9.77. The molecule has 0 fully saturated rings. The molecule has 102 valence electrons. The lowest BCUT2D eigenvalue weighted by Crippen LogP contribution is -2.22. The van der Waals surface area contributed by atoms with Gasteiger partial charge in [-0.25, -0.2) is 4.98 Å². The number of benzene rings is 1. The summed E-state index contributed by atoms with van der Waals surface area (Å²) in [5.41, 5.74) is 0.530. The predicted molar refractivity (Wildman–Crippen MR) is 73.1 cm³/mol. The van der Waals surface area contributed by atoms with Gasteiger partial charge < -0.3 is 20.1 Å². The number of aromatic hydroxyl groups is 2. The molecule has 3 N–H and O–H groups in total. The van der Waals surface area contributed by atoms with E-state index in [4.69, 9.17) is 0 Å². The average molecular weight is 261 g/mol. The van der Waals surface area contributed by atoms with Crippen molar-refractivity contribution >= 4 is 0 Å². The minimum Gasteiger partial charge on any atom is -0.507 e. The molecule has 1 heterocycles. The van der Waals surface area contributed by atoms with E-state index in [1.807, 2.05) is 24.7 Å². The van der Waals surface area contributed by atoms with Gasteiger partial charge in [0.15, 0.2) is 0 Å². The third-order valence-electron chi connectivity index (χ3n) is 3.21. The SMILES string of the molecule is CC(NCCc1nccn1C)c1c(O)cccc1O. The Morgan fingerprint density at radius 2 is 2.00 bits per heavy atom. The second kappa shape index (κ2) is 5.75. The molecular formula is C14H19N3O2. The lowest BCUT2D eigenvalue weighted by Gasteiger charge is -2.16. The minimum absolute atomic E-state index is 0.108. The van der Waals surface area contributed by atoms with Crippen molar-refractivity contribution in [3.8, 4) is 11.5 Å². The van der Waals surface area contributed by atoms with Crippen molar-refractivity contribution in [2.75, 3.05) is 6.54 Å². The molecule has 19 heavy (non-hydrogen) atoms. The molecule has 1 aromatic carbocycles. The number of nitrogens with zero attached hydrogens (tertiary/aromatic N) is 2. The van der Waals surface area contributed by atoms with Crippen LogP contribution < -0.4 is 5.32 Å². The van der Waals surface area contributed by atoms with E-state index < -0.39 is 0 Å². The molecule has 2 rings (SSSR count). The van der Waals surface area contributed by atoms with E-state index in [-0.39, 0.29) is 17.5 Å². The number of phenolic OH excluding ortho intramolecular Hbond substituents is 2. The van der Waals surface area contributed by atoms with Gasteiger partial charge in [-0.1, -0.05) is 6.07 Å². The van der Waals surface area contributed by atoms with E-state index in [2.05, 4.69) is 10.3 Å². The maximum Gasteiger partial charge on any atom is 0.124 e. The van der Waals surface area contributed by atoms with Crippen LogP contribution >= 0.6 is 0 Å². The maximum atomic E-state index is 9.77. The molecule has 5 nitrogen and oxygen atoms in total. The van der Waals surface area contributed by atoms with Crippen molar-refractivity contribution in [2.24, 2.45) is 7.05 Å². The summed E-state index contributed by atoms with van der Waals surface area (Å²) in [6.07, 6.45) is 4.48. The van der Waals surface area contributed by atoms with E-state index in [0.717, 1.165) is 18.8 Å². The van der Waals surface area contributed by atoms with Gasteiger partial charge in [-0.3, -0.25) is 0 Å². The van der Waals surface area contributed by atoms with Gasteiger partial charge in [0.25, 0.3) is 0 Å². The minimum atomic E-state index is -0.124. The number of hydrogen-bond acceptors (Lipinski definition) is 4. The Morgan fingerprint density at radius 1 is 1.32 bits per heavy atom. The second-order valence-electron chi connectivity index (χ2n) is 4.59. The molecule has 0 aliphatic heterocycles. The molecule has 0 amide bonds. The molecule has 2 aromatic rings. The van der Waals surface area contributed by atoms with E-state index in [1.54, 1.807) is 24.4 Å². The Hall–Kier alpha value is -2.01. The first-order valence-electron chi connectivity index (χ1n) is 6.30. The highest BCUT2D eigenvalue weighted by molar-refractivity contribution is 5.44. The summed E-state index contributed by atoms with van der Waals surface area (Å²) in [4.78, 5) is 4.24. The fourth-order valence-electron chi connectivity index (χ4n) is 2.12. The summed E-state index contributed by atoms with van der Waals surface area (Å²) >= 11 is 0. The van der Waals surface area contributed by atoms with Crippen LogP contribution in [0.2, 0.25) is 0 Å². The smallest absolute Gasteiger partial charge is 0.124 e. The summed E-state index contributed by atoms with van der Waals surface area (Å²) in [6, 6.07) is 4.65. The number of rotatable bonds is 5. The van der Waals surface area contributed by atoms with Gasteiger partial charge in [0.1, 0.15) is 17.3 Å². The first-order chi connectivity index (χ1) is 9.09. The van der Waals surface area contributed by atoms with E-state index in [9.17, 15) is 10.2 Å². The largest absolute Gasteiger partial charge is 0.507 e. The normalized spacial score (nSPS) is 12.5. The van der Waals surface area contributed by atoms with E-state index in [1.165, 1.54) is 0 Å². The zero-order chi connectivity index (χ0) is 13.8. The molecular weight excluding hydrogens is 242 g/mol. The van der Waals surface area contributed by atoms with Gasteiger partial charge in [-0.15, -0.1) is 0 Å². The molecule has 5 heteroatoms. The molecule has 0 aliphatic rings. The van der Waals surface area contributed by atoms with Crippen molar-refractivity contribution < 1.29 is 10.2 Å². The number of nitrogens with one attached hydrogen (secondary N) is 1. The van der Waals surface area contributed by atoms with Gasteiger partial charge in [0.05, 0.1) is 5.56 Å². The molecule has 1 aromatic heterocycles. The fourth-order valence-corrected chi connectivity index (χ4v) is 2.12. The number of imidazole rings is 1. The predicted octanol–water partition coefficient (Wildman–Crippen LogP) is 1.72. The Balaban J connectivity index is 1.95. The fraction of sp³-hybridized carbons (Fsp3) is 0.357. The number of aromatic nitrogens is 2. The van der Waals surface area contributed by atoms with Gasteiger partial charge in [0.2, 0.25) is 0 Å². The summed E-state index contributed by atoms with van der Waals surface area (Å²) < 4.78 is 1.98. The lowest BCUT2D eigenvalue weighted by molar-refractivity contribution is 0.419. The highest BCUT2D eigenvalue weighted by Gasteiger charge is 2.14. The monoisotopic (exact) mass is 261 g/mol. The van der Waals surface area contributed by atoms with Crippen molar-refractivity contribution in [3.05, 3.63) is 42.0 Å². The van der Waals surface area contributed by atoms with Gasteiger partial charge >= 0.3 is 0 Å². The van der Waals surface area contributed by atoms with Gasteiger partial charge in [-0.2, -0.15) is 0 Å². The molecule has 0 saturated carbocycles. The van der Waals surface area contributed by atoms with Crippen LogP contribution in [0, 0.1) is 0 Å². The highest BCUT2D eigenvalue weighted by atomic mass is 16.3. The zero-order valence-electron chi connectivity index (χ0n) is 11.2. The molecule has 0 radical (unpaired) electrons. The van der Waals surface area contributed by atoms with Crippen LogP contribution in [0.3, 0.4) is 0 Å². The second-order valence-corrected chi connectivity index (χ2v) is 4.59. The molecule has 1 atom stereocenters. The molecule has 0 bridgehead atoms. The molecule has 0 spiro atoms. The third kappa shape index (κ3) is 3.06. The quantitative estimate of drug-likeness (QED) is 0.766.